The lowest BCUT2D eigenvalue weighted by molar-refractivity contribution is -0.142. The standard InChI is InChI=1S/C22H34N4O4/c1-15(2)18(27)25-13-9-22(10-14-25)20(29)26(21(30)23-22)17-7-11-24(12-8-17)19(28)16-5-3-4-6-16/h15-17H,3-14H2,1-2H3,(H,23,30). The number of carbonyl (C=O) groups excluding carboxylic acids is 4. The van der Waals surface area contributed by atoms with Crippen LogP contribution in [0.15, 0.2) is 0 Å². The van der Waals surface area contributed by atoms with Gasteiger partial charge in [0.25, 0.3) is 5.91 Å². The maximum atomic E-state index is 13.3. The summed E-state index contributed by atoms with van der Waals surface area (Å²) in [7, 11) is 0. The van der Waals surface area contributed by atoms with E-state index in [0.717, 1.165) is 25.7 Å². The smallest absolute Gasteiger partial charge is 0.325 e. The molecule has 0 bridgehead atoms. The van der Waals surface area contributed by atoms with Crippen LogP contribution in [0.2, 0.25) is 0 Å². The van der Waals surface area contributed by atoms with E-state index in [-0.39, 0.29) is 41.6 Å². The molecule has 4 rings (SSSR count). The van der Waals surface area contributed by atoms with Gasteiger partial charge in [-0.1, -0.05) is 26.7 Å². The summed E-state index contributed by atoms with van der Waals surface area (Å²) in [6.45, 7) is 5.96. The summed E-state index contributed by atoms with van der Waals surface area (Å²) >= 11 is 0. The lowest BCUT2D eigenvalue weighted by Gasteiger charge is -2.39. The number of rotatable bonds is 3. The van der Waals surface area contributed by atoms with Gasteiger partial charge in [-0.25, -0.2) is 4.79 Å². The number of nitrogens with one attached hydrogen (secondary N) is 1. The Bertz CT molecular complexity index is 715. The molecule has 3 aliphatic heterocycles. The Morgan fingerprint density at radius 2 is 1.53 bits per heavy atom. The number of piperidine rings is 2. The molecule has 4 fully saturated rings. The lowest BCUT2D eigenvalue weighted by Crippen LogP contribution is -2.57. The zero-order valence-electron chi connectivity index (χ0n) is 18.2. The van der Waals surface area contributed by atoms with Crippen molar-refractivity contribution in [2.24, 2.45) is 11.8 Å². The van der Waals surface area contributed by atoms with Gasteiger partial charge >= 0.3 is 6.03 Å². The highest BCUT2D eigenvalue weighted by molar-refractivity contribution is 6.07. The number of nitrogens with zero attached hydrogens (tertiary/aromatic N) is 3. The van der Waals surface area contributed by atoms with E-state index in [1.165, 1.54) is 4.90 Å². The van der Waals surface area contributed by atoms with Gasteiger partial charge < -0.3 is 15.1 Å². The van der Waals surface area contributed by atoms with Crippen LogP contribution in [-0.4, -0.2) is 76.2 Å². The summed E-state index contributed by atoms with van der Waals surface area (Å²) < 4.78 is 0. The van der Waals surface area contributed by atoms with Gasteiger partial charge in [0.05, 0.1) is 0 Å². The third kappa shape index (κ3) is 3.69. The van der Waals surface area contributed by atoms with Crippen molar-refractivity contribution >= 4 is 23.8 Å². The molecule has 0 atom stereocenters. The van der Waals surface area contributed by atoms with Crippen LogP contribution in [0.4, 0.5) is 4.79 Å². The minimum atomic E-state index is -0.873. The minimum absolute atomic E-state index is 0.0680. The number of carbonyl (C=O) groups is 4. The number of hydrogen-bond donors (Lipinski definition) is 1. The van der Waals surface area contributed by atoms with E-state index in [0.29, 0.717) is 51.9 Å². The average Bonchev–Trinajstić information content (AvgIpc) is 3.35. The first kappa shape index (κ1) is 21.1. The molecular formula is C22H34N4O4. The number of imide groups is 1. The van der Waals surface area contributed by atoms with E-state index in [2.05, 4.69) is 5.32 Å². The zero-order valence-corrected chi connectivity index (χ0v) is 18.2. The van der Waals surface area contributed by atoms with Gasteiger partial charge in [0, 0.05) is 44.1 Å². The third-order valence-corrected chi connectivity index (χ3v) is 7.46. The van der Waals surface area contributed by atoms with E-state index >= 15 is 0 Å². The number of hydrogen-bond acceptors (Lipinski definition) is 4. The summed E-state index contributed by atoms with van der Waals surface area (Å²) in [5.41, 5.74) is -0.873. The van der Waals surface area contributed by atoms with E-state index in [1.54, 1.807) is 4.90 Å². The van der Waals surface area contributed by atoms with Gasteiger partial charge in [0.1, 0.15) is 5.54 Å². The fourth-order valence-electron chi connectivity index (χ4n) is 5.56. The van der Waals surface area contributed by atoms with E-state index in [9.17, 15) is 19.2 Å². The SMILES string of the molecule is CC(C)C(=O)N1CCC2(CC1)NC(=O)N(C1CCN(C(=O)C3CCCC3)CC1)C2=O. The molecule has 5 amide bonds. The van der Waals surface area contributed by atoms with Crippen molar-refractivity contribution < 1.29 is 19.2 Å². The van der Waals surface area contributed by atoms with Crippen molar-refractivity contribution in [1.82, 2.24) is 20.0 Å². The second-order valence-corrected chi connectivity index (χ2v) is 9.71. The van der Waals surface area contributed by atoms with Crippen LogP contribution >= 0.6 is 0 Å². The first-order valence-electron chi connectivity index (χ1n) is 11.6. The minimum Gasteiger partial charge on any atom is -0.342 e. The van der Waals surface area contributed by atoms with Crippen molar-refractivity contribution in [2.45, 2.75) is 76.8 Å². The molecule has 8 heteroatoms. The average molecular weight is 419 g/mol. The van der Waals surface area contributed by atoms with Gasteiger partial charge in [0.15, 0.2) is 0 Å². The van der Waals surface area contributed by atoms with Crippen molar-refractivity contribution in [1.29, 1.82) is 0 Å². The Morgan fingerprint density at radius 3 is 2.10 bits per heavy atom. The van der Waals surface area contributed by atoms with E-state index < -0.39 is 5.54 Å². The van der Waals surface area contributed by atoms with Crippen LogP contribution in [0.25, 0.3) is 0 Å². The normalized spacial score (nSPS) is 25.5. The van der Waals surface area contributed by atoms with E-state index in [1.807, 2.05) is 18.7 Å². The predicted molar refractivity (Wildman–Crippen MR) is 110 cm³/mol. The van der Waals surface area contributed by atoms with Crippen molar-refractivity contribution in [2.75, 3.05) is 26.2 Å². The van der Waals surface area contributed by atoms with Crippen molar-refractivity contribution in [3.63, 3.8) is 0 Å². The monoisotopic (exact) mass is 418 g/mol. The van der Waals surface area contributed by atoms with Gasteiger partial charge in [-0.05, 0) is 38.5 Å². The molecule has 0 unspecified atom stereocenters. The highest BCUT2D eigenvalue weighted by Gasteiger charge is 2.54. The van der Waals surface area contributed by atoms with Crippen LogP contribution in [0.1, 0.15) is 65.2 Å². The molecule has 0 aromatic heterocycles. The van der Waals surface area contributed by atoms with Crippen molar-refractivity contribution in [3.05, 3.63) is 0 Å². The Morgan fingerprint density at radius 1 is 0.933 bits per heavy atom. The van der Waals surface area contributed by atoms with Crippen LogP contribution in [0, 0.1) is 11.8 Å². The maximum absolute atomic E-state index is 13.3. The molecule has 166 valence electrons. The summed E-state index contributed by atoms with van der Waals surface area (Å²) in [4.78, 5) is 56.1. The summed E-state index contributed by atoms with van der Waals surface area (Å²) in [5, 5.41) is 2.95. The Kier molecular flexibility index (Phi) is 5.77. The van der Waals surface area contributed by atoms with Crippen LogP contribution < -0.4 is 5.32 Å². The quantitative estimate of drug-likeness (QED) is 0.707. The summed E-state index contributed by atoms with van der Waals surface area (Å²) in [6.07, 6.45) is 6.47. The molecule has 0 aromatic rings. The molecule has 1 N–H and O–H groups in total. The Hall–Kier alpha value is -2.12. The number of likely N-dealkylation sites (tertiary alicyclic amines) is 2. The highest BCUT2D eigenvalue weighted by atomic mass is 16.2. The maximum Gasteiger partial charge on any atom is 0.325 e. The first-order valence-corrected chi connectivity index (χ1v) is 11.6. The summed E-state index contributed by atoms with van der Waals surface area (Å²) in [5.74, 6) is 0.297. The molecular weight excluding hydrogens is 384 g/mol. The predicted octanol–water partition coefficient (Wildman–Crippen LogP) is 1.74. The zero-order chi connectivity index (χ0) is 21.5. The largest absolute Gasteiger partial charge is 0.342 e. The second kappa shape index (κ2) is 8.19. The first-order chi connectivity index (χ1) is 14.3. The molecule has 0 radical (unpaired) electrons. The molecule has 0 aromatic carbocycles. The second-order valence-electron chi connectivity index (χ2n) is 9.71. The Balaban J connectivity index is 1.35. The summed E-state index contributed by atoms with van der Waals surface area (Å²) in [6, 6.07) is -0.468. The van der Waals surface area contributed by atoms with Crippen LogP contribution in [0.5, 0.6) is 0 Å². The molecule has 3 saturated heterocycles. The Labute approximate surface area is 178 Å². The number of urea groups is 1. The van der Waals surface area contributed by atoms with Crippen LogP contribution in [-0.2, 0) is 14.4 Å². The fourth-order valence-corrected chi connectivity index (χ4v) is 5.56. The van der Waals surface area contributed by atoms with Crippen molar-refractivity contribution in [3.8, 4) is 0 Å². The molecule has 4 aliphatic rings. The van der Waals surface area contributed by atoms with Crippen LogP contribution in [0.3, 0.4) is 0 Å². The third-order valence-electron chi connectivity index (χ3n) is 7.46. The highest BCUT2D eigenvalue weighted by Crippen LogP contribution is 2.34. The lowest BCUT2D eigenvalue weighted by atomic mass is 9.86. The molecule has 30 heavy (non-hydrogen) atoms. The van der Waals surface area contributed by atoms with Gasteiger partial charge in [-0.3, -0.25) is 19.3 Å². The van der Waals surface area contributed by atoms with Gasteiger partial charge in [0.2, 0.25) is 11.8 Å². The molecule has 1 saturated carbocycles. The van der Waals surface area contributed by atoms with Gasteiger partial charge in [-0.2, -0.15) is 0 Å². The van der Waals surface area contributed by atoms with E-state index in [4.69, 9.17) is 0 Å². The molecule has 1 spiro atoms. The number of amides is 5. The molecule has 1 aliphatic carbocycles. The fraction of sp³-hybridized carbons (Fsp3) is 0.818. The molecule has 3 heterocycles. The topological polar surface area (TPSA) is 90.0 Å². The molecule has 8 nitrogen and oxygen atoms in total. The van der Waals surface area contributed by atoms with Gasteiger partial charge in [-0.15, -0.1) is 0 Å².